The van der Waals surface area contributed by atoms with Crippen LogP contribution in [-0.4, -0.2) is 41.3 Å². The molecule has 5 nitrogen and oxygen atoms in total. The first-order chi connectivity index (χ1) is 11.7. The van der Waals surface area contributed by atoms with Gasteiger partial charge in [-0.1, -0.05) is 30.1 Å². The van der Waals surface area contributed by atoms with Crippen molar-refractivity contribution < 1.29 is 18.4 Å². The van der Waals surface area contributed by atoms with Crippen LogP contribution in [0.2, 0.25) is 0 Å². The van der Waals surface area contributed by atoms with Gasteiger partial charge in [0.2, 0.25) is 0 Å². The lowest BCUT2D eigenvalue weighted by atomic mass is 9.90. The maximum atomic E-state index is 13.9. The number of carbonyl (C=O) groups excluding carboxylic acids is 1. The number of rotatable bonds is 2. The van der Waals surface area contributed by atoms with E-state index in [-0.39, 0.29) is 29.5 Å². The lowest BCUT2D eigenvalue weighted by Crippen LogP contribution is -2.54. The molecule has 2 unspecified atom stereocenters. The van der Waals surface area contributed by atoms with E-state index in [0.717, 1.165) is 25.7 Å². The van der Waals surface area contributed by atoms with E-state index in [1.165, 1.54) is 12.1 Å². The van der Waals surface area contributed by atoms with Crippen molar-refractivity contribution in [3.05, 3.63) is 41.8 Å². The lowest BCUT2D eigenvalue weighted by molar-refractivity contribution is -0.0755. The van der Waals surface area contributed by atoms with Crippen molar-refractivity contribution in [3.8, 4) is 11.3 Å². The number of ether oxygens (including phenoxy) is 1. The van der Waals surface area contributed by atoms with Crippen LogP contribution >= 0.6 is 0 Å². The van der Waals surface area contributed by atoms with E-state index in [0.29, 0.717) is 18.7 Å². The molecule has 0 N–H and O–H groups in total. The van der Waals surface area contributed by atoms with Crippen LogP contribution in [0.25, 0.3) is 11.3 Å². The number of hydrogen-bond acceptors (Lipinski definition) is 4. The average molecular weight is 330 g/mol. The van der Waals surface area contributed by atoms with Crippen LogP contribution in [0.15, 0.2) is 34.9 Å². The van der Waals surface area contributed by atoms with Crippen LogP contribution < -0.4 is 0 Å². The third kappa shape index (κ3) is 2.71. The van der Waals surface area contributed by atoms with Gasteiger partial charge in [-0.15, -0.1) is 0 Å². The molecule has 0 bridgehead atoms. The number of benzene rings is 1. The van der Waals surface area contributed by atoms with Crippen LogP contribution in [0.3, 0.4) is 0 Å². The number of morpholine rings is 1. The number of carbonyl (C=O) groups is 1. The molecule has 1 aliphatic carbocycles. The highest BCUT2D eigenvalue weighted by Gasteiger charge is 2.37. The van der Waals surface area contributed by atoms with Crippen molar-refractivity contribution in [2.45, 2.75) is 37.8 Å². The zero-order valence-corrected chi connectivity index (χ0v) is 13.3. The first-order valence-corrected chi connectivity index (χ1v) is 8.38. The highest BCUT2D eigenvalue weighted by molar-refractivity contribution is 5.93. The molecule has 4 rings (SSSR count). The minimum absolute atomic E-state index is 0.105. The fraction of sp³-hybridized carbons (Fsp3) is 0.444. The monoisotopic (exact) mass is 330 g/mol. The molecule has 2 atom stereocenters. The Morgan fingerprint density at radius 3 is 2.96 bits per heavy atom. The van der Waals surface area contributed by atoms with Crippen molar-refractivity contribution in [2.75, 3.05) is 13.2 Å². The van der Waals surface area contributed by atoms with Crippen LogP contribution in [0.4, 0.5) is 4.39 Å². The number of hydrogen-bond donors (Lipinski definition) is 0. The smallest absolute Gasteiger partial charge is 0.276 e. The molecule has 126 valence electrons. The number of halogens is 1. The van der Waals surface area contributed by atoms with E-state index in [1.807, 2.05) is 4.90 Å². The first-order valence-electron chi connectivity index (χ1n) is 8.38. The highest BCUT2D eigenvalue weighted by atomic mass is 19.1. The summed E-state index contributed by atoms with van der Waals surface area (Å²) in [7, 11) is 0. The van der Waals surface area contributed by atoms with Gasteiger partial charge in [0.1, 0.15) is 5.82 Å². The quantitative estimate of drug-likeness (QED) is 0.848. The second-order valence-corrected chi connectivity index (χ2v) is 6.32. The van der Waals surface area contributed by atoms with Crippen molar-refractivity contribution in [1.29, 1.82) is 0 Å². The third-order valence-corrected chi connectivity index (χ3v) is 4.86. The Morgan fingerprint density at radius 2 is 2.08 bits per heavy atom. The molecule has 24 heavy (non-hydrogen) atoms. The van der Waals surface area contributed by atoms with Crippen LogP contribution in [-0.2, 0) is 4.74 Å². The molecule has 2 aliphatic rings. The number of nitrogens with zero attached hydrogens (tertiary/aromatic N) is 2. The SMILES string of the molecule is O=C(c1cc(-c2ccccc2F)on1)N1CCOC2CCCCC21. The van der Waals surface area contributed by atoms with Gasteiger partial charge in [0, 0.05) is 12.6 Å². The predicted molar refractivity (Wildman–Crippen MR) is 84.9 cm³/mol. The molecule has 1 aliphatic heterocycles. The summed E-state index contributed by atoms with van der Waals surface area (Å²) in [5, 5.41) is 3.87. The van der Waals surface area contributed by atoms with Crippen LogP contribution in [0.1, 0.15) is 36.2 Å². The summed E-state index contributed by atoms with van der Waals surface area (Å²) in [5.41, 5.74) is 0.529. The Morgan fingerprint density at radius 1 is 1.25 bits per heavy atom. The second kappa shape index (κ2) is 6.36. The zero-order chi connectivity index (χ0) is 16.5. The van der Waals surface area contributed by atoms with Gasteiger partial charge in [-0.3, -0.25) is 4.79 Å². The molecule has 0 radical (unpaired) electrons. The van der Waals surface area contributed by atoms with E-state index >= 15 is 0 Å². The van der Waals surface area contributed by atoms with Crippen LogP contribution in [0.5, 0.6) is 0 Å². The Balaban J connectivity index is 1.58. The average Bonchev–Trinajstić information content (AvgIpc) is 3.11. The summed E-state index contributed by atoms with van der Waals surface area (Å²) in [6.45, 7) is 1.10. The van der Waals surface area contributed by atoms with E-state index in [4.69, 9.17) is 9.26 Å². The maximum Gasteiger partial charge on any atom is 0.276 e. The fourth-order valence-corrected chi connectivity index (χ4v) is 3.66. The molecule has 1 aromatic carbocycles. The second-order valence-electron chi connectivity index (χ2n) is 6.32. The maximum absolute atomic E-state index is 13.9. The summed E-state index contributed by atoms with van der Waals surface area (Å²) < 4.78 is 24.9. The van der Waals surface area contributed by atoms with E-state index < -0.39 is 5.82 Å². The van der Waals surface area contributed by atoms with Crippen molar-refractivity contribution >= 4 is 5.91 Å². The molecule has 2 aromatic rings. The Bertz CT molecular complexity index is 743. The van der Waals surface area contributed by atoms with Crippen molar-refractivity contribution in [1.82, 2.24) is 10.1 Å². The summed E-state index contributed by atoms with van der Waals surface area (Å²) in [5.74, 6) is -0.294. The van der Waals surface area contributed by atoms with Gasteiger partial charge in [0.15, 0.2) is 11.5 Å². The van der Waals surface area contributed by atoms with Gasteiger partial charge < -0.3 is 14.2 Å². The minimum atomic E-state index is -0.397. The normalized spacial score (nSPS) is 23.8. The van der Waals surface area contributed by atoms with Crippen molar-refractivity contribution in [2.24, 2.45) is 0 Å². The first kappa shape index (κ1) is 15.3. The summed E-state index contributed by atoms with van der Waals surface area (Å²) in [4.78, 5) is 14.7. The fourth-order valence-electron chi connectivity index (χ4n) is 3.66. The summed E-state index contributed by atoms with van der Waals surface area (Å²) in [6, 6.07) is 7.92. The molecule has 2 heterocycles. The molecule has 2 fully saturated rings. The van der Waals surface area contributed by atoms with Gasteiger partial charge in [-0.05, 0) is 25.0 Å². The van der Waals surface area contributed by atoms with E-state index in [2.05, 4.69) is 5.16 Å². The Kier molecular flexibility index (Phi) is 4.06. The summed E-state index contributed by atoms with van der Waals surface area (Å²) in [6.07, 6.45) is 4.31. The van der Waals surface area contributed by atoms with E-state index in [9.17, 15) is 9.18 Å². The van der Waals surface area contributed by atoms with Gasteiger partial charge >= 0.3 is 0 Å². The molecule has 6 heteroatoms. The molecular formula is C18H19FN2O3. The van der Waals surface area contributed by atoms with Crippen molar-refractivity contribution in [3.63, 3.8) is 0 Å². The number of amides is 1. The number of aromatic nitrogens is 1. The summed E-state index contributed by atoms with van der Waals surface area (Å²) >= 11 is 0. The third-order valence-electron chi connectivity index (χ3n) is 4.86. The minimum Gasteiger partial charge on any atom is -0.374 e. The topological polar surface area (TPSA) is 55.6 Å². The molecule has 0 spiro atoms. The van der Waals surface area contributed by atoms with E-state index in [1.54, 1.807) is 18.2 Å². The molecular weight excluding hydrogens is 311 g/mol. The number of fused-ring (bicyclic) bond motifs is 1. The molecule has 1 saturated carbocycles. The largest absolute Gasteiger partial charge is 0.374 e. The van der Waals surface area contributed by atoms with Gasteiger partial charge in [-0.25, -0.2) is 4.39 Å². The Labute approximate surface area is 139 Å². The predicted octanol–water partition coefficient (Wildman–Crippen LogP) is 3.26. The Hall–Kier alpha value is -2.21. The standard InChI is InChI=1S/C18H19FN2O3/c19-13-6-2-1-5-12(13)17-11-14(20-24-17)18(22)21-9-10-23-16-8-4-3-7-15(16)21/h1-2,5-6,11,15-16H,3-4,7-10H2. The van der Waals surface area contributed by atoms with Gasteiger partial charge in [-0.2, -0.15) is 0 Å². The van der Waals surface area contributed by atoms with Crippen LogP contribution in [0, 0.1) is 5.82 Å². The highest BCUT2D eigenvalue weighted by Crippen LogP contribution is 2.30. The zero-order valence-electron chi connectivity index (χ0n) is 13.3. The lowest BCUT2D eigenvalue weighted by Gasteiger charge is -2.43. The van der Waals surface area contributed by atoms with Gasteiger partial charge in [0.05, 0.1) is 24.3 Å². The molecule has 1 aromatic heterocycles. The molecule has 1 saturated heterocycles. The van der Waals surface area contributed by atoms with Gasteiger partial charge in [0.25, 0.3) is 5.91 Å². The molecule has 1 amide bonds.